The first-order valence-electron chi connectivity index (χ1n) is 8.52. The Morgan fingerprint density at radius 2 is 1.78 bits per heavy atom. The summed E-state index contributed by atoms with van der Waals surface area (Å²) in [7, 11) is 0. The molecule has 0 unspecified atom stereocenters. The predicted molar refractivity (Wildman–Crippen MR) is 94.9 cm³/mol. The molecule has 1 aromatic carbocycles. The number of nitrogens with one attached hydrogen (secondary N) is 2. The fraction of sp³-hybridized carbons (Fsp3) is 0.611. The van der Waals surface area contributed by atoms with Gasteiger partial charge < -0.3 is 10.6 Å². The SMILES string of the molecule is Fc1cccc(Cl)c1CNC(=S)NC12CC3CC(CC(C3)C1)C2. The van der Waals surface area contributed by atoms with Crippen molar-refractivity contribution in [1.82, 2.24) is 10.6 Å². The fourth-order valence-corrected chi connectivity index (χ4v) is 5.94. The van der Waals surface area contributed by atoms with Gasteiger partial charge in [-0.15, -0.1) is 0 Å². The monoisotopic (exact) mass is 352 g/mol. The largest absolute Gasteiger partial charge is 0.358 e. The lowest BCUT2D eigenvalue weighted by atomic mass is 9.53. The van der Waals surface area contributed by atoms with Crippen LogP contribution in [-0.2, 0) is 6.54 Å². The van der Waals surface area contributed by atoms with Gasteiger partial charge in [0.1, 0.15) is 5.82 Å². The summed E-state index contributed by atoms with van der Waals surface area (Å²) in [5.74, 6) is 2.33. The Bertz CT molecular complexity index is 578. The number of hydrogen-bond donors (Lipinski definition) is 2. The Kier molecular flexibility index (Phi) is 4.01. The Labute approximate surface area is 147 Å². The third-order valence-electron chi connectivity index (χ3n) is 5.90. The van der Waals surface area contributed by atoms with Crippen molar-refractivity contribution in [2.24, 2.45) is 17.8 Å². The lowest BCUT2D eigenvalue weighted by Gasteiger charge is -2.57. The molecule has 0 aliphatic heterocycles. The van der Waals surface area contributed by atoms with Gasteiger partial charge in [0.25, 0.3) is 0 Å². The molecule has 0 atom stereocenters. The van der Waals surface area contributed by atoms with Crippen LogP contribution in [-0.4, -0.2) is 10.7 Å². The highest BCUT2D eigenvalue weighted by Gasteiger charge is 2.51. The van der Waals surface area contributed by atoms with Crippen LogP contribution in [0.4, 0.5) is 4.39 Å². The molecule has 0 radical (unpaired) electrons. The maximum Gasteiger partial charge on any atom is 0.166 e. The first-order valence-corrected chi connectivity index (χ1v) is 9.30. The van der Waals surface area contributed by atoms with Gasteiger partial charge in [-0.1, -0.05) is 17.7 Å². The molecule has 0 aromatic heterocycles. The van der Waals surface area contributed by atoms with Crippen LogP contribution in [0, 0.1) is 23.6 Å². The molecule has 0 spiro atoms. The van der Waals surface area contributed by atoms with Crippen molar-refractivity contribution < 1.29 is 4.39 Å². The number of thiocarbonyl (C=S) groups is 1. The fourth-order valence-electron chi connectivity index (χ4n) is 5.42. The smallest absolute Gasteiger partial charge is 0.166 e. The van der Waals surface area contributed by atoms with E-state index in [9.17, 15) is 4.39 Å². The number of halogens is 2. The van der Waals surface area contributed by atoms with Gasteiger partial charge in [0, 0.05) is 22.7 Å². The quantitative estimate of drug-likeness (QED) is 0.788. The highest BCUT2D eigenvalue weighted by Crippen LogP contribution is 2.55. The third-order valence-corrected chi connectivity index (χ3v) is 6.50. The van der Waals surface area contributed by atoms with Gasteiger partial charge in [0.05, 0.1) is 0 Å². The van der Waals surface area contributed by atoms with Crippen molar-refractivity contribution >= 4 is 28.9 Å². The molecule has 4 saturated carbocycles. The molecule has 0 amide bonds. The maximum absolute atomic E-state index is 13.8. The second-order valence-electron chi connectivity index (χ2n) is 7.71. The minimum Gasteiger partial charge on any atom is -0.358 e. The van der Waals surface area contributed by atoms with Crippen molar-refractivity contribution in [3.05, 3.63) is 34.6 Å². The molecular weight excluding hydrogens is 331 g/mol. The van der Waals surface area contributed by atoms with Gasteiger partial charge in [0.2, 0.25) is 0 Å². The van der Waals surface area contributed by atoms with Gasteiger partial charge in [-0.05, 0) is 80.6 Å². The van der Waals surface area contributed by atoms with E-state index in [4.69, 9.17) is 23.8 Å². The molecule has 2 nitrogen and oxygen atoms in total. The molecule has 4 aliphatic carbocycles. The van der Waals surface area contributed by atoms with E-state index in [0.717, 1.165) is 17.8 Å². The van der Waals surface area contributed by atoms with Gasteiger partial charge >= 0.3 is 0 Å². The molecule has 124 valence electrons. The summed E-state index contributed by atoms with van der Waals surface area (Å²) >= 11 is 11.6. The molecule has 0 heterocycles. The first-order chi connectivity index (χ1) is 11.0. The van der Waals surface area contributed by atoms with E-state index in [2.05, 4.69) is 10.6 Å². The average molecular weight is 353 g/mol. The first kappa shape index (κ1) is 15.6. The zero-order valence-electron chi connectivity index (χ0n) is 13.1. The van der Waals surface area contributed by atoms with Crippen LogP contribution in [0.5, 0.6) is 0 Å². The summed E-state index contributed by atoms with van der Waals surface area (Å²) in [6.45, 7) is 0.323. The third kappa shape index (κ3) is 3.08. The van der Waals surface area contributed by atoms with Crippen LogP contribution in [0.1, 0.15) is 44.1 Å². The Hall–Kier alpha value is -0.870. The zero-order valence-corrected chi connectivity index (χ0v) is 14.7. The topological polar surface area (TPSA) is 24.1 Å². The van der Waals surface area contributed by atoms with E-state index in [1.165, 1.54) is 44.6 Å². The molecule has 4 bridgehead atoms. The molecule has 5 rings (SSSR count). The molecule has 4 aliphatic rings. The van der Waals surface area contributed by atoms with Gasteiger partial charge in [-0.2, -0.15) is 0 Å². The van der Waals surface area contributed by atoms with E-state index in [0.29, 0.717) is 22.2 Å². The summed E-state index contributed by atoms with van der Waals surface area (Å²) < 4.78 is 13.8. The molecule has 1 aromatic rings. The van der Waals surface area contributed by atoms with E-state index in [1.54, 1.807) is 12.1 Å². The van der Waals surface area contributed by atoms with Crippen LogP contribution in [0.3, 0.4) is 0 Å². The lowest BCUT2D eigenvalue weighted by Crippen LogP contribution is -2.61. The Morgan fingerprint density at radius 3 is 2.35 bits per heavy atom. The normalized spacial score (nSPS) is 34.4. The number of hydrogen-bond acceptors (Lipinski definition) is 1. The van der Waals surface area contributed by atoms with Gasteiger partial charge in [-0.3, -0.25) is 0 Å². The zero-order chi connectivity index (χ0) is 16.0. The van der Waals surface area contributed by atoms with Gasteiger partial charge in [0.15, 0.2) is 5.11 Å². The lowest BCUT2D eigenvalue weighted by molar-refractivity contribution is -0.0101. The highest BCUT2D eigenvalue weighted by atomic mass is 35.5. The van der Waals surface area contributed by atoms with E-state index >= 15 is 0 Å². The second kappa shape index (κ2) is 5.89. The Balaban J connectivity index is 1.39. The molecule has 2 N–H and O–H groups in total. The van der Waals surface area contributed by atoms with E-state index < -0.39 is 0 Å². The average Bonchev–Trinajstić information content (AvgIpc) is 2.44. The minimum atomic E-state index is -0.289. The minimum absolute atomic E-state index is 0.178. The van der Waals surface area contributed by atoms with Crippen LogP contribution < -0.4 is 10.6 Å². The van der Waals surface area contributed by atoms with Crippen molar-refractivity contribution in [2.75, 3.05) is 0 Å². The van der Waals surface area contributed by atoms with Gasteiger partial charge in [-0.25, -0.2) is 4.39 Å². The van der Waals surface area contributed by atoms with Crippen molar-refractivity contribution in [3.8, 4) is 0 Å². The van der Waals surface area contributed by atoms with Crippen molar-refractivity contribution in [1.29, 1.82) is 0 Å². The number of benzene rings is 1. The second-order valence-corrected chi connectivity index (χ2v) is 8.52. The summed E-state index contributed by atoms with van der Waals surface area (Å²) in [6, 6.07) is 4.75. The van der Waals surface area contributed by atoms with Crippen LogP contribution >= 0.6 is 23.8 Å². The number of rotatable bonds is 3. The highest BCUT2D eigenvalue weighted by molar-refractivity contribution is 7.80. The van der Waals surface area contributed by atoms with Crippen LogP contribution in [0.25, 0.3) is 0 Å². The molecule has 23 heavy (non-hydrogen) atoms. The van der Waals surface area contributed by atoms with E-state index in [-0.39, 0.29) is 11.4 Å². The Morgan fingerprint density at radius 1 is 1.17 bits per heavy atom. The van der Waals surface area contributed by atoms with Crippen molar-refractivity contribution in [3.63, 3.8) is 0 Å². The molecule has 5 heteroatoms. The molecule has 0 saturated heterocycles. The summed E-state index contributed by atoms with van der Waals surface area (Å²) in [5.41, 5.74) is 0.654. The summed E-state index contributed by atoms with van der Waals surface area (Å²) in [6.07, 6.45) is 7.94. The van der Waals surface area contributed by atoms with E-state index in [1.807, 2.05) is 0 Å². The van der Waals surface area contributed by atoms with Crippen LogP contribution in [0.15, 0.2) is 18.2 Å². The standard InChI is InChI=1S/C18H22ClFN2S/c19-15-2-1-3-16(20)14(15)10-21-17(23)22-18-7-11-4-12(8-18)6-13(5-11)9-18/h1-3,11-13H,4-10H2,(H2,21,22,23). The molecular formula is C18H22ClFN2S. The molecule has 4 fully saturated rings. The summed E-state index contributed by atoms with van der Waals surface area (Å²) in [4.78, 5) is 0. The predicted octanol–water partition coefficient (Wildman–Crippen LogP) is 4.41. The van der Waals surface area contributed by atoms with Crippen molar-refractivity contribution in [2.45, 2.75) is 50.6 Å². The maximum atomic E-state index is 13.8. The summed E-state index contributed by atoms with van der Waals surface area (Å²) in [5, 5.41) is 7.81. The van der Waals surface area contributed by atoms with Crippen LogP contribution in [0.2, 0.25) is 5.02 Å².